The second-order valence-electron chi connectivity index (χ2n) is 6.57. The van der Waals surface area contributed by atoms with E-state index >= 15 is 0 Å². The standard InChI is InChI=1S/C21H26N4O2/c1-3-22-20(26)23-18-12-7-8-13-19(18)25-15-9-14-24(21(25)27)16(2)17-10-5-4-6-11-17/h4-8,10-13,16H,3,9,14-15H2,1-2H3,(H2,22,23,26). The molecule has 0 saturated carbocycles. The van der Waals surface area contributed by atoms with Gasteiger partial charge in [-0.1, -0.05) is 42.5 Å². The Balaban J connectivity index is 1.83. The largest absolute Gasteiger partial charge is 0.338 e. The molecule has 0 aliphatic carbocycles. The second kappa shape index (κ2) is 8.58. The Hall–Kier alpha value is -3.02. The van der Waals surface area contributed by atoms with Gasteiger partial charge in [-0.15, -0.1) is 0 Å². The molecule has 1 saturated heterocycles. The van der Waals surface area contributed by atoms with Crippen LogP contribution < -0.4 is 15.5 Å². The zero-order chi connectivity index (χ0) is 19.2. The molecule has 2 N–H and O–H groups in total. The molecule has 0 bridgehead atoms. The first-order chi connectivity index (χ1) is 13.1. The van der Waals surface area contributed by atoms with Gasteiger partial charge in [0.05, 0.1) is 17.4 Å². The molecule has 1 aliphatic heterocycles. The molecule has 142 valence electrons. The lowest BCUT2D eigenvalue weighted by molar-refractivity contribution is 0.175. The number of carbonyl (C=O) groups excluding carboxylic acids is 2. The predicted octanol–water partition coefficient (Wildman–Crippen LogP) is 4.22. The Bertz CT molecular complexity index is 794. The van der Waals surface area contributed by atoms with Crippen LogP contribution in [0.3, 0.4) is 0 Å². The number of hydrogen-bond donors (Lipinski definition) is 2. The highest BCUT2D eigenvalue weighted by Crippen LogP contribution is 2.31. The zero-order valence-electron chi connectivity index (χ0n) is 15.8. The highest BCUT2D eigenvalue weighted by molar-refractivity contribution is 6.00. The van der Waals surface area contributed by atoms with Crippen molar-refractivity contribution >= 4 is 23.4 Å². The molecule has 1 unspecified atom stereocenters. The van der Waals surface area contributed by atoms with Crippen molar-refractivity contribution in [2.24, 2.45) is 0 Å². The van der Waals surface area contributed by atoms with Gasteiger partial charge in [-0.25, -0.2) is 9.59 Å². The molecule has 6 nitrogen and oxygen atoms in total. The van der Waals surface area contributed by atoms with Crippen LogP contribution in [0.1, 0.15) is 31.9 Å². The molecule has 1 fully saturated rings. The van der Waals surface area contributed by atoms with Gasteiger partial charge in [-0.3, -0.25) is 4.90 Å². The van der Waals surface area contributed by atoms with Gasteiger partial charge in [0.1, 0.15) is 0 Å². The second-order valence-corrected chi connectivity index (χ2v) is 6.57. The summed E-state index contributed by atoms with van der Waals surface area (Å²) in [6.45, 7) is 5.80. The number of nitrogens with zero attached hydrogens (tertiary/aromatic N) is 2. The number of urea groups is 2. The summed E-state index contributed by atoms with van der Waals surface area (Å²) in [4.78, 5) is 28.8. The van der Waals surface area contributed by atoms with Gasteiger partial charge in [0.2, 0.25) is 0 Å². The van der Waals surface area contributed by atoms with E-state index < -0.39 is 0 Å². The minimum Gasteiger partial charge on any atom is -0.338 e. The third-order valence-electron chi connectivity index (χ3n) is 4.79. The van der Waals surface area contributed by atoms with Crippen LogP contribution in [0.2, 0.25) is 0 Å². The molecule has 4 amide bonds. The summed E-state index contributed by atoms with van der Waals surface area (Å²) in [5.41, 5.74) is 2.46. The zero-order valence-corrected chi connectivity index (χ0v) is 15.8. The van der Waals surface area contributed by atoms with Crippen LogP contribution in [-0.2, 0) is 0 Å². The van der Waals surface area contributed by atoms with Crippen molar-refractivity contribution in [1.29, 1.82) is 0 Å². The van der Waals surface area contributed by atoms with Gasteiger partial charge in [-0.2, -0.15) is 0 Å². The van der Waals surface area contributed by atoms with E-state index in [1.54, 1.807) is 4.90 Å². The molecule has 2 aromatic rings. The molecule has 27 heavy (non-hydrogen) atoms. The van der Waals surface area contributed by atoms with Crippen molar-refractivity contribution in [2.75, 3.05) is 29.9 Å². The number of amides is 4. The summed E-state index contributed by atoms with van der Waals surface area (Å²) in [7, 11) is 0. The summed E-state index contributed by atoms with van der Waals surface area (Å²) in [6.07, 6.45) is 0.873. The number of anilines is 2. The number of hydrogen-bond acceptors (Lipinski definition) is 2. The molecule has 6 heteroatoms. The summed E-state index contributed by atoms with van der Waals surface area (Å²) >= 11 is 0. The van der Waals surface area contributed by atoms with Crippen molar-refractivity contribution < 1.29 is 9.59 Å². The number of nitrogens with one attached hydrogen (secondary N) is 2. The highest BCUT2D eigenvalue weighted by atomic mass is 16.2. The van der Waals surface area contributed by atoms with Crippen molar-refractivity contribution in [1.82, 2.24) is 10.2 Å². The van der Waals surface area contributed by atoms with Crippen LogP contribution in [0.25, 0.3) is 0 Å². The van der Waals surface area contributed by atoms with Gasteiger partial charge in [-0.05, 0) is 38.0 Å². The maximum absolute atomic E-state index is 13.2. The Morgan fingerprint density at radius 1 is 1.07 bits per heavy atom. The molecule has 1 heterocycles. The van der Waals surface area contributed by atoms with Crippen LogP contribution in [0.5, 0.6) is 0 Å². The third kappa shape index (κ3) is 4.22. The van der Waals surface area contributed by atoms with Crippen LogP contribution in [0.4, 0.5) is 21.0 Å². The molecular formula is C21H26N4O2. The molecule has 1 atom stereocenters. The van der Waals surface area contributed by atoms with E-state index in [2.05, 4.69) is 17.6 Å². The molecular weight excluding hydrogens is 340 g/mol. The first-order valence-corrected chi connectivity index (χ1v) is 9.38. The van der Waals surface area contributed by atoms with E-state index in [1.165, 1.54) is 0 Å². The van der Waals surface area contributed by atoms with E-state index in [9.17, 15) is 9.59 Å². The normalized spacial score (nSPS) is 15.4. The number of carbonyl (C=O) groups is 2. The van der Waals surface area contributed by atoms with Crippen LogP contribution in [-0.4, -0.2) is 36.6 Å². The van der Waals surface area contributed by atoms with E-state index in [1.807, 2.05) is 66.4 Å². The molecule has 3 rings (SSSR count). The first kappa shape index (κ1) is 18.8. The van der Waals surface area contributed by atoms with Gasteiger partial charge < -0.3 is 15.5 Å². The van der Waals surface area contributed by atoms with Crippen molar-refractivity contribution in [3.63, 3.8) is 0 Å². The van der Waals surface area contributed by atoms with Crippen LogP contribution >= 0.6 is 0 Å². The van der Waals surface area contributed by atoms with E-state index in [4.69, 9.17) is 0 Å². The quantitative estimate of drug-likeness (QED) is 0.832. The van der Waals surface area contributed by atoms with Crippen molar-refractivity contribution in [3.8, 4) is 0 Å². The fraction of sp³-hybridized carbons (Fsp3) is 0.333. The lowest BCUT2D eigenvalue weighted by Gasteiger charge is -2.39. The lowest BCUT2D eigenvalue weighted by Crippen LogP contribution is -2.50. The van der Waals surface area contributed by atoms with Gasteiger partial charge in [0, 0.05) is 19.6 Å². The fourth-order valence-corrected chi connectivity index (χ4v) is 3.38. The Morgan fingerprint density at radius 3 is 2.52 bits per heavy atom. The van der Waals surface area contributed by atoms with Crippen molar-refractivity contribution in [3.05, 3.63) is 60.2 Å². The average molecular weight is 366 g/mol. The molecule has 0 spiro atoms. The maximum atomic E-state index is 13.2. The first-order valence-electron chi connectivity index (χ1n) is 9.38. The maximum Gasteiger partial charge on any atom is 0.325 e. The molecule has 0 aromatic heterocycles. The van der Waals surface area contributed by atoms with E-state index in [0.29, 0.717) is 18.8 Å². The molecule has 2 aromatic carbocycles. The van der Waals surface area contributed by atoms with Gasteiger partial charge >= 0.3 is 12.1 Å². The molecule has 0 radical (unpaired) electrons. The SMILES string of the molecule is CCNC(=O)Nc1ccccc1N1CCCN(C(C)c2ccccc2)C1=O. The monoisotopic (exact) mass is 366 g/mol. The van der Waals surface area contributed by atoms with Crippen LogP contribution in [0.15, 0.2) is 54.6 Å². The fourth-order valence-electron chi connectivity index (χ4n) is 3.38. The van der Waals surface area contributed by atoms with E-state index in [0.717, 1.165) is 24.2 Å². The minimum atomic E-state index is -0.274. The number of benzene rings is 2. The van der Waals surface area contributed by atoms with Gasteiger partial charge in [0.25, 0.3) is 0 Å². The number of rotatable bonds is 5. The van der Waals surface area contributed by atoms with Crippen LogP contribution in [0, 0.1) is 0 Å². The van der Waals surface area contributed by atoms with Crippen molar-refractivity contribution in [2.45, 2.75) is 26.3 Å². The highest BCUT2D eigenvalue weighted by Gasteiger charge is 2.31. The predicted molar refractivity (Wildman–Crippen MR) is 108 cm³/mol. The molecule has 1 aliphatic rings. The Labute approximate surface area is 160 Å². The summed E-state index contributed by atoms with van der Waals surface area (Å²) < 4.78 is 0. The Morgan fingerprint density at radius 2 is 1.78 bits per heavy atom. The third-order valence-corrected chi connectivity index (χ3v) is 4.79. The lowest BCUT2D eigenvalue weighted by atomic mass is 10.1. The summed E-state index contributed by atoms with van der Waals surface area (Å²) in [6, 6.07) is 17.1. The summed E-state index contributed by atoms with van der Waals surface area (Å²) in [5.74, 6) is 0. The Kier molecular flexibility index (Phi) is 5.96. The number of para-hydroxylation sites is 2. The summed E-state index contributed by atoms with van der Waals surface area (Å²) in [5, 5.41) is 5.56. The smallest absolute Gasteiger partial charge is 0.325 e. The van der Waals surface area contributed by atoms with Gasteiger partial charge in [0.15, 0.2) is 0 Å². The van der Waals surface area contributed by atoms with E-state index in [-0.39, 0.29) is 18.1 Å². The topological polar surface area (TPSA) is 64.7 Å². The average Bonchev–Trinajstić information content (AvgIpc) is 2.69. The minimum absolute atomic E-state index is 0.00925.